The van der Waals surface area contributed by atoms with Gasteiger partial charge in [-0.2, -0.15) is 5.10 Å². The van der Waals surface area contributed by atoms with E-state index in [4.69, 9.17) is 4.74 Å². The minimum absolute atomic E-state index is 0.519. The third-order valence-corrected chi connectivity index (χ3v) is 3.08. The Bertz CT molecular complexity index is 505. The number of nitrogens with one attached hydrogen (secondary N) is 1. The topological polar surface area (TPSA) is 71.0 Å². The maximum atomic E-state index is 11.7. The van der Waals surface area contributed by atoms with Crippen molar-refractivity contribution in [1.29, 1.82) is 0 Å². The molecule has 6 nitrogen and oxygen atoms in total. The van der Waals surface area contributed by atoms with E-state index in [1.54, 1.807) is 31.4 Å². The SMILES string of the molecule is COc1ccc(C=NNC(=O)C(=O)N2CCCC2)cc1. The molecule has 1 N–H and O–H groups in total. The lowest BCUT2D eigenvalue weighted by molar-refractivity contribution is -0.145. The fourth-order valence-corrected chi connectivity index (χ4v) is 1.97. The predicted molar refractivity (Wildman–Crippen MR) is 74.5 cm³/mol. The number of amides is 2. The van der Waals surface area contributed by atoms with Gasteiger partial charge in [0.15, 0.2) is 0 Å². The van der Waals surface area contributed by atoms with Crippen molar-refractivity contribution in [3.05, 3.63) is 29.8 Å². The quantitative estimate of drug-likeness (QED) is 0.503. The van der Waals surface area contributed by atoms with Crippen LogP contribution in [0.3, 0.4) is 0 Å². The number of methoxy groups -OCH3 is 1. The summed E-state index contributed by atoms with van der Waals surface area (Å²) in [5.41, 5.74) is 3.05. The Morgan fingerprint density at radius 1 is 1.25 bits per heavy atom. The highest BCUT2D eigenvalue weighted by atomic mass is 16.5. The van der Waals surface area contributed by atoms with Crippen LogP contribution in [-0.4, -0.2) is 43.1 Å². The summed E-state index contributed by atoms with van der Waals surface area (Å²) >= 11 is 0. The monoisotopic (exact) mass is 275 g/mol. The zero-order chi connectivity index (χ0) is 14.4. The number of carbonyl (C=O) groups is 2. The Labute approximate surface area is 117 Å². The molecule has 6 heteroatoms. The maximum Gasteiger partial charge on any atom is 0.329 e. The largest absolute Gasteiger partial charge is 0.497 e. The van der Waals surface area contributed by atoms with Crippen LogP contribution in [0.1, 0.15) is 18.4 Å². The third kappa shape index (κ3) is 3.57. The molecule has 1 aliphatic rings. The lowest BCUT2D eigenvalue weighted by atomic mass is 10.2. The Morgan fingerprint density at radius 2 is 1.90 bits per heavy atom. The number of hydrogen-bond acceptors (Lipinski definition) is 4. The van der Waals surface area contributed by atoms with Gasteiger partial charge in [-0.05, 0) is 42.7 Å². The van der Waals surface area contributed by atoms with Gasteiger partial charge in [0, 0.05) is 13.1 Å². The van der Waals surface area contributed by atoms with Gasteiger partial charge in [-0.3, -0.25) is 9.59 Å². The van der Waals surface area contributed by atoms with Crippen molar-refractivity contribution in [2.75, 3.05) is 20.2 Å². The second kappa shape index (κ2) is 6.70. The molecule has 1 saturated heterocycles. The Kier molecular flexibility index (Phi) is 4.70. The van der Waals surface area contributed by atoms with Crippen LogP contribution in [0, 0.1) is 0 Å². The number of hydrogen-bond donors (Lipinski definition) is 1. The van der Waals surface area contributed by atoms with Crippen LogP contribution in [0.15, 0.2) is 29.4 Å². The second-order valence-electron chi connectivity index (χ2n) is 4.47. The van der Waals surface area contributed by atoms with Crippen molar-refractivity contribution in [3.63, 3.8) is 0 Å². The van der Waals surface area contributed by atoms with Gasteiger partial charge in [0.2, 0.25) is 0 Å². The van der Waals surface area contributed by atoms with E-state index >= 15 is 0 Å². The number of carbonyl (C=O) groups excluding carboxylic acids is 2. The van der Waals surface area contributed by atoms with Gasteiger partial charge in [0.1, 0.15) is 5.75 Å². The summed E-state index contributed by atoms with van der Waals surface area (Å²) < 4.78 is 5.04. The summed E-state index contributed by atoms with van der Waals surface area (Å²) in [7, 11) is 1.59. The summed E-state index contributed by atoms with van der Waals surface area (Å²) in [6.07, 6.45) is 3.39. The average Bonchev–Trinajstić information content (AvgIpc) is 3.01. The first kappa shape index (κ1) is 14.0. The zero-order valence-corrected chi connectivity index (χ0v) is 11.3. The number of nitrogens with zero attached hydrogens (tertiary/aromatic N) is 2. The van der Waals surface area contributed by atoms with Crippen LogP contribution in [-0.2, 0) is 9.59 Å². The highest BCUT2D eigenvalue weighted by Gasteiger charge is 2.23. The fourth-order valence-electron chi connectivity index (χ4n) is 1.97. The van der Waals surface area contributed by atoms with E-state index in [0.29, 0.717) is 13.1 Å². The van der Waals surface area contributed by atoms with Crippen LogP contribution in [0.4, 0.5) is 0 Å². The molecule has 106 valence electrons. The highest BCUT2D eigenvalue weighted by molar-refractivity contribution is 6.35. The van der Waals surface area contributed by atoms with E-state index in [1.807, 2.05) is 0 Å². The van der Waals surface area contributed by atoms with E-state index in [0.717, 1.165) is 24.2 Å². The van der Waals surface area contributed by atoms with Gasteiger partial charge in [-0.15, -0.1) is 0 Å². The van der Waals surface area contributed by atoms with E-state index in [-0.39, 0.29) is 0 Å². The summed E-state index contributed by atoms with van der Waals surface area (Å²) in [5.74, 6) is -0.471. The molecule has 1 aromatic rings. The Morgan fingerprint density at radius 3 is 2.50 bits per heavy atom. The molecule has 0 atom stereocenters. The van der Waals surface area contributed by atoms with Crippen LogP contribution in [0.2, 0.25) is 0 Å². The van der Waals surface area contributed by atoms with Gasteiger partial charge >= 0.3 is 11.8 Å². The number of benzene rings is 1. The normalized spacial score (nSPS) is 14.6. The van der Waals surface area contributed by atoms with Crippen LogP contribution >= 0.6 is 0 Å². The van der Waals surface area contributed by atoms with Crippen molar-refractivity contribution in [2.45, 2.75) is 12.8 Å². The molecule has 1 heterocycles. The summed E-state index contributed by atoms with van der Waals surface area (Å²) in [4.78, 5) is 24.8. The summed E-state index contributed by atoms with van der Waals surface area (Å²) in [5, 5.41) is 3.78. The molecule has 0 unspecified atom stereocenters. The molecule has 0 spiro atoms. The van der Waals surface area contributed by atoms with Gasteiger partial charge in [-0.1, -0.05) is 0 Å². The number of rotatable bonds is 3. The molecule has 1 aliphatic heterocycles. The Hall–Kier alpha value is -2.37. The minimum atomic E-state index is -0.698. The van der Waals surface area contributed by atoms with Gasteiger partial charge in [-0.25, -0.2) is 5.43 Å². The van der Waals surface area contributed by atoms with Crippen LogP contribution in [0.25, 0.3) is 0 Å². The molecule has 0 bridgehead atoms. The summed E-state index contributed by atoms with van der Waals surface area (Å²) in [6.45, 7) is 1.29. The van der Waals surface area contributed by atoms with Crippen LogP contribution in [0.5, 0.6) is 5.75 Å². The molecule has 1 fully saturated rings. The summed E-state index contributed by atoms with van der Waals surface area (Å²) in [6, 6.07) is 7.19. The van der Waals surface area contributed by atoms with Crippen molar-refractivity contribution in [2.24, 2.45) is 5.10 Å². The van der Waals surface area contributed by atoms with Crippen molar-refractivity contribution < 1.29 is 14.3 Å². The van der Waals surface area contributed by atoms with E-state index in [9.17, 15) is 9.59 Å². The first-order chi connectivity index (χ1) is 9.70. The zero-order valence-electron chi connectivity index (χ0n) is 11.3. The molecule has 20 heavy (non-hydrogen) atoms. The van der Waals surface area contributed by atoms with E-state index < -0.39 is 11.8 Å². The molecule has 2 rings (SSSR count). The van der Waals surface area contributed by atoms with Crippen molar-refractivity contribution in [1.82, 2.24) is 10.3 Å². The lowest BCUT2D eigenvalue weighted by Gasteiger charge is -2.12. The molecule has 1 aromatic carbocycles. The molecule has 0 radical (unpaired) electrons. The lowest BCUT2D eigenvalue weighted by Crippen LogP contribution is -2.39. The predicted octanol–water partition coefficient (Wildman–Crippen LogP) is 0.768. The first-order valence-corrected chi connectivity index (χ1v) is 6.47. The minimum Gasteiger partial charge on any atom is -0.497 e. The first-order valence-electron chi connectivity index (χ1n) is 6.47. The molecule has 2 amide bonds. The van der Waals surface area contributed by atoms with E-state index in [2.05, 4.69) is 10.5 Å². The standard InChI is InChI=1S/C14H17N3O3/c1-20-12-6-4-11(5-7-12)10-15-16-13(18)14(19)17-8-2-3-9-17/h4-7,10H,2-3,8-9H2,1H3,(H,16,18). The van der Waals surface area contributed by atoms with Crippen molar-refractivity contribution >= 4 is 18.0 Å². The molecule has 0 aliphatic carbocycles. The third-order valence-electron chi connectivity index (χ3n) is 3.08. The smallest absolute Gasteiger partial charge is 0.329 e. The van der Waals surface area contributed by atoms with Gasteiger partial charge < -0.3 is 9.64 Å². The van der Waals surface area contributed by atoms with Crippen LogP contribution < -0.4 is 10.2 Å². The Balaban J connectivity index is 1.85. The second-order valence-corrected chi connectivity index (χ2v) is 4.47. The maximum absolute atomic E-state index is 11.7. The average molecular weight is 275 g/mol. The van der Waals surface area contributed by atoms with Crippen molar-refractivity contribution in [3.8, 4) is 5.75 Å². The molecule has 0 aromatic heterocycles. The van der Waals surface area contributed by atoms with Gasteiger partial charge in [0.25, 0.3) is 0 Å². The molecular formula is C14H17N3O3. The molecule has 0 saturated carbocycles. The van der Waals surface area contributed by atoms with E-state index in [1.165, 1.54) is 11.1 Å². The number of likely N-dealkylation sites (tertiary alicyclic amines) is 1. The number of hydrazone groups is 1. The highest BCUT2D eigenvalue weighted by Crippen LogP contribution is 2.09. The van der Waals surface area contributed by atoms with Gasteiger partial charge in [0.05, 0.1) is 13.3 Å². The molecular weight excluding hydrogens is 258 g/mol. The number of ether oxygens (including phenoxy) is 1. The fraction of sp³-hybridized carbons (Fsp3) is 0.357.